The van der Waals surface area contributed by atoms with Gasteiger partial charge in [0.1, 0.15) is 5.78 Å². The van der Waals surface area contributed by atoms with E-state index in [2.05, 4.69) is 10.8 Å². The van der Waals surface area contributed by atoms with Gasteiger partial charge in [-0.25, -0.2) is 0 Å². The summed E-state index contributed by atoms with van der Waals surface area (Å²) < 4.78 is 73.2. The number of hydrogen-bond donors (Lipinski definition) is 1. The number of hydrogen-bond acceptors (Lipinski definition) is 7. The number of benzene rings is 1. The van der Waals surface area contributed by atoms with Gasteiger partial charge in [0, 0.05) is 36.4 Å². The van der Waals surface area contributed by atoms with E-state index in [0.29, 0.717) is 18.7 Å². The van der Waals surface area contributed by atoms with E-state index in [1.54, 1.807) is 12.1 Å². The number of alkyl halides is 3. The molecular weight excluding hydrogens is 451 g/mol. The van der Waals surface area contributed by atoms with Gasteiger partial charge in [-0.05, 0) is 37.4 Å². The second kappa shape index (κ2) is 7.46. The fourth-order valence-electron chi connectivity index (χ4n) is 5.75. The molecule has 176 valence electrons. The van der Waals surface area contributed by atoms with Crippen molar-refractivity contribution in [1.82, 2.24) is 4.90 Å². The third kappa shape index (κ3) is 3.16. The zero-order valence-corrected chi connectivity index (χ0v) is 18.3. The van der Waals surface area contributed by atoms with Crippen LogP contribution < -0.4 is 8.92 Å². The molecule has 0 unspecified atom stereocenters. The SMILES string of the molecule is C=CCN1CC[C@]23CC(=O)CC[C@@]2(O)[C@H]1Cc1ccc(OC)c(OS(=O)(=O)C(F)(F)F)c13. The number of aliphatic hydroxyl groups is 1. The van der Waals surface area contributed by atoms with E-state index < -0.39 is 38.4 Å². The predicted octanol–water partition coefficient (Wildman–Crippen LogP) is 2.46. The molecule has 1 saturated carbocycles. The maximum Gasteiger partial charge on any atom is 0.534 e. The Morgan fingerprint density at radius 3 is 2.69 bits per heavy atom. The number of carbonyl (C=O) groups excluding carboxylic acids is 1. The third-order valence-electron chi connectivity index (χ3n) is 7.09. The molecule has 0 spiro atoms. The van der Waals surface area contributed by atoms with Crippen molar-refractivity contribution in [3.63, 3.8) is 0 Å². The average Bonchev–Trinajstić information content (AvgIpc) is 2.69. The van der Waals surface area contributed by atoms with Crippen LogP contribution in [0.25, 0.3) is 0 Å². The molecule has 3 aliphatic rings. The Bertz CT molecular complexity index is 1070. The summed E-state index contributed by atoms with van der Waals surface area (Å²) in [6.07, 6.45) is 2.33. The normalized spacial score (nSPS) is 30.3. The number of methoxy groups -OCH3 is 1. The van der Waals surface area contributed by atoms with Crippen LogP contribution in [0.1, 0.15) is 36.8 Å². The predicted molar refractivity (Wildman–Crippen MR) is 108 cm³/mol. The van der Waals surface area contributed by atoms with E-state index in [1.165, 1.54) is 13.2 Å². The highest BCUT2D eigenvalue weighted by Gasteiger charge is 2.66. The molecule has 2 fully saturated rings. The zero-order valence-electron chi connectivity index (χ0n) is 17.4. The maximum atomic E-state index is 13.2. The van der Waals surface area contributed by atoms with Crippen LogP contribution in [0.3, 0.4) is 0 Å². The highest BCUT2D eigenvalue weighted by Crippen LogP contribution is 2.61. The minimum absolute atomic E-state index is 0.117. The molecule has 1 aromatic carbocycles. The molecule has 32 heavy (non-hydrogen) atoms. The van der Waals surface area contributed by atoms with Crippen LogP contribution in [0.15, 0.2) is 24.8 Å². The number of carbonyl (C=O) groups is 1. The van der Waals surface area contributed by atoms with Gasteiger partial charge in [0.15, 0.2) is 11.5 Å². The molecule has 7 nitrogen and oxygen atoms in total. The van der Waals surface area contributed by atoms with E-state index in [9.17, 15) is 31.5 Å². The van der Waals surface area contributed by atoms with Crippen LogP contribution in [0.4, 0.5) is 13.2 Å². The molecule has 1 N–H and O–H groups in total. The number of ether oxygens (including phenoxy) is 1. The van der Waals surface area contributed by atoms with Gasteiger partial charge in [-0.3, -0.25) is 9.69 Å². The third-order valence-corrected chi connectivity index (χ3v) is 8.04. The van der Waals surface area contributed by atoms with Gasteiger partial charge in [-0.15, -0.1) is 6.58 Å². The van der Waals surface area contributed by atoms with Crippen LogP contribution in [-0.4, -0.2) is 61.6 Å². The average molecular weight is 475 g/mol. The summed E-state index contributed by atoms with van der Waals surface area (Å²) in [5, 5.41) is 12.0. The van der Waals surface area contributed by atoms with Gasteiger partial charge < -0.3 is 14.0 Å². The van der Waals surface area contributed by atoms with E-state index >= 15 is 0 Å². The number of likely N-dealkylation sites (tertiary alicyclic amines) is 1. The lowest BCUT2D eigenvalue weighted by atomic mass is 9.49. The monoisotopic (exact) mass is 475 g/mol. The molecular formula is C21H24F3NO6S. The van der Waals surface area contributed by atoms with Crippen molar-refractivity contribution in [3.05, 3.63) is 35.9 Å². The first-order valence-corrected chi connectivity index (χ1v) is 11.6. The van der Waals surface area contributed by atoms with Gasteiger partial charge in [-0.1, -0.05) is 12.1 Å². The molecule has 2 bridgehead atoms. The standard InChI is InChI=1S/C21H24F3NO6S/c1-3-9-25-10-8-19-12-14(26)6-7-20(19,27)16(25)11-13-4-5-15(30-2)18(17(13)19)31-32(28,29)21(22,23)24/h3-5,16,27H,1,6-12H2,2H3/t16-,19-,20-/m1/s1. The summed E-state index contributed by atoms with van der Waals surface area (Å²) in [6.45, 7) is 4.70. The van der Waals surface area contributed by atoms with Crippen molar-refractivity contribution in [2.45, 2.75) is 54.7 Å². The second-order valence-electron chi connectivity index (χ2n) is 8.59. The minimum Gasteiger partial charge on any atom is -0.493 e. The quantitative estimate of drug-likeness (QED) is 0.397. The Balaban J connectivity index is 1.98. The Labute approximate surface area is 183 Å². The molecule has 4 rings (SSSR count). The Morgan fingerprint density at radius 1 is 1.34 bits per heavy atom. The number of nitrogens with zero attached hydrogens (tertiary/aromatic N) is 1. The van der Waals surface area contributed by atoms with Crippen LogP contribution in [0.5, 0.6) is 11.5 Å². The van der Waals surface area contributed by atoms with Crippen LogP contribution in [0.2, 0.25) is 0 Å². The fourth-order valence-corrected chi connectivity index (χ4v) is 6.23. The lowest BCUT2D eigenvalue weighted by molar-refractivity contribution is -0.171. The Morgan fingerprint density at radius 2 is 2.06 bits per heavy atom. The largest absolute Gasteiger partial charge is 0.534 e. The van der Waals surface area contributed by atoms with Crippen molar-refractivity contribution in [2.24, 2.45) is 0 Å². The number of piperidine rings is 1. The fraction of sp³-hybridized carbons (Fsp3) is 0.571. The van der Waals surface area contributed by atoms with Gasteiger partial charge >= 0.3 is 15.6 Å². The number of rotatable bonds is 5. The first kappa shape index (κ1) is 23.1. The molecule has 3 atom stereocenters. The summed E-state index contributed by atoms with van der Waals surface area (Å²) in [5.74, 6) is -0.963. The van der Waals surface area contributed by atoms with Crippen LogP contribution in [-0.2, 0) is 26.7 Å². The Hall–Kier alpha value is -2.11. The second-order valence-corrected chi connectivity index (χ2v) is 10.1. The zero-order chi connectivity index (χ0) is 23.5. The number of fused-ring (bicyclic) bond motifs is 1. The van der Waals surface area contributed by atoms with Gasteiger partial charge in [-0.2, -0.15) is 21.6 Å². The van der Waals surface area contributed by atoms with Gasteiger partial charge in [0.05, 0.1) is 12.7 Å². The summed E-state index contributed by atoms with van der Waals surface area (Å²) in [7, 11) is -4.82. The van der Waals surface area contributed by atoms with Crippen LogP contribution >= 0.6 is 0 Å². The number of Topliss-reactive ketones (excluding diaryl/α,β-unsaturated/α-hetero) is 1. The smallest absolute Gasteiger partial charge is 0.493 e. The summed E-state index contributed by atoms with van der Waals surface area (Å²) in [6, 6.07) is 2.57. The molecule has 11 heteroatoms. The first-order chi connectivity index (χ1) is 14.9. The first-order valence-electron chi connectivity index (χ1n) is 10.2. The maximum absolute atomic E-state index is 13.2. The summed E-state index contributed by atoms with van der Waals surface area (Å²) >= 11 is 0. The molecule has 0 amide bonds. The summed E-state index contributed by atoms with van der Waals surface area (Å²) in [5.41, 5.74) is -7.75. The lowest BCUT2D eigenvalue weighted by Crippen LogP contribution is -2.73. The molecule has 1 saturated heterocycles. The minimum atomic E-state index is -6.01. The molecule has 0 aromatic heterocycles. The van der Waals surface area contributed by atoms with Crippen LogP contribution in [0, 0.1) is 0 Å². The van der Waals surface area contributed by atoms with E-state index in [4.69, 9.17) is 4.74 Å². The van der Waals surface area contributed by atoms with E-state index in [0.717, 1.165) is 0 Å². The van der Waals surface area contributed by atoms with Crippen molar-refractivity contribution in [3.8, 4) is 11.5 Å². The molecule has 1 aromatic rings. The highest BCUT2D eigenvalue weighted by atomic mass is 32.2. The highest BCUT2D eigenvalue weighted by molar-refractivity contribution is 7.88. The van der Waals surface area contributed by atoms with Crippen molar-refractivity contribution in [1.29, 1.82) is 0 Å². The van der Waals surface area contributed by atoms with Gasteiger partial charge in [0.25, 0.3) is 0 Å². The van der Waals surface area contributed by atoms with E-state index in [1.807, 2.05) is 4.90 Å². The molecule has 0 radical (unpaired) electrons. The topological polar surface area (TPSA) is 93.1 Å². The lowest BCUT2D eigenvalue weighted by Gasteiger charge is -2.63. The number of ketones is 1. The summed E-state index contributed by atoms with van der Waals surface area (Å²) in [4.78, 5) is 14.6. The molecule has 1 heterocycles. The van der Waals surface area contributed by atoms with Gasteiger partial charge in [0.2, 0.25) is 0 Å². The van der Waals surface area contributed by atoms with E-state index in [-0.39, 0.29) is 49.2 Å². The number of halogens is 3. The van der Waals surface area contributed by atoms with Crippen molar-refractivity contribution >= 4 is 15.9 Å². The molecule has 1 aliphatic heterocycles. The Kier molecular flexibility index (Phi) is 5.38. The van der Waals surface area contributed by atoms with Crippen molar-refractivity contribution in [2.75, 3.05) is 20.2 Å². The van der Waals surface area contributed by atoms with Crippen molar-refractivity contribution < 1.29 is 40.4 Å². The molecule has 2 aliphatic carbocycles.